The van der Waals surface area contributed by atoms with Crippen LogP contribution in [0.4, 0.5) is 5.69 Å². The zero-order chi connectivity index (χ0) is 35.7. The Bertz CT molecular complexity index is 1610. The first-order chi connectivity index (χ1) is 24.9. The van der Waals surface area contributed by atoms with Gasteiger partial charge in [0.2, 0.25) is 23.6 Å². The van der Waals surface area contributed by atoms with Crippen LogP contribution in [0, 0.1) is 23.7 Å². The molecule has 0 radical (unpaired) electrons. The first-order valence-corrected chi connectivity index (χ1v) is 17.8. The molecule has 270 valence electrons. The molecule has 11 nitrogen and oxygen atoms in total. The van der Waals surface area contributed by atoms with E-state index in [1.165, 1.54) is 9.80 Å². The van der Waals surface area contributed by atoms with Crippen LogP contribution < -0.4 is 4.90 Å². The molecule has 2 aromatic rings. The summed E-state index contributed by atoms with van der Waals surface area (Å²) in [6.45, 7) is 4.00. The zero-order valence-electron chi connectivity index (χ0n) is 29.1. The van der Waals surface area contributed by atoms with Crippen molar-refractivity contribution in [3.63, 3.8) is 0 Å². The fourth-order valence-corrected chi connectivity index (χ4v) is 7.29. The van der Waals surface area contributed by atoms with E-state index in [0.29, 0.717) is 32.1 Å². The highest BCUT2D eigenvalue weighted by atomic mass is 16.5. The molecule has 11 heteroatoms. The third kappa shape index (κ3) is 7.98. The number of hydrogen-bond donors (Lipinski definition) is 0. The van der Waals surface area contributed by atoms with E-state index < -0.39 is 48.1 Å². The van der Waals surface area contributed by atoms with Crippen molar-refractivity contribution in [1.29, 1.82) is 0 Å². The summed E-state index contributed by atoms with van der Waals surface area (Å²) in [6.07, 6.45) is 10.1. The fraction of sp³-hybridized carbons (Fsp3) is 0.450. The second-order valence-electron chi connectivity index (χ2n) is 13.0. The van der Waals surface area contributed by atoms with Crippen molar-refractivity contribution in [1.82, 2.24) is 4.90 Å². The number of para-hydroxylation sites is 1. The van der Waals surface area contributed by atoms with Crippen molar-refractivity contribution < 1.29 is 42.9 Å². The molecule has 0 bridgehead atoms. The van der Waals surface area contributed by atoms with Crippen molar-refractivity contribution >= 4 is 35.4 Å². The number of anilines is 1. The number of nitrogens with zero attached hydrogens (tertiary/aromatic N) is 2. The van der Waals surface area contributed by atoms with Crippen LogP contribution in [0.3, 0.4) is 0 Å². The maximum absolute atomic E-state index is 13.9. The second kappa shape index (κ2) is 17.3. The van der Waals surface area contributed by atoms with E-state index in [1.54, 1.807) is 43.5 Å². The number of carbonyl (C=O) groups excluding carboxylic acids is 4. The Kier molecular flexibility index (Phi) is 12.4. The summed E-state index contributed by atoms with van der Waals surface area (Å²) < 4.78 is 28.8. The van der Waals surface area contributed by atoms with Gasteiger partial charge >= 0.3 is 0 Å². The Morgan fingerprint density at radius 2 is 1.14 bits per heavy atom. The average molecular weight is 699 g/mol. The molecular weight excluding hydrogens is 652 g/mol. The fourth-order valence-electron chi connectivity index (χ4n) is 7.29. The van der Waals surface area contributed by atoms with Crippen molar-refractivity contribution in [2.24, 2.45) is 23.7 Å². The van der Waals surface area contributed by atoms with Crippen LogP contribution in [-0.2, 0) is 42.9 Å². The first kappa shape index (κ1) is 36.5. The number of benzene rings is 2. The predicted molar refractivity (Wildman–Crippen MR) is 189 cm³/mol. The third-order valence-electron chi connectivity index (χ3n) is 9.76. The number of rotatable bonds is 17. The van der Waals surface area contributed by atoms with Crippen molar-refractivity contribution in [3.8, 4) is 0 Å². The van der Waals surface area contributed by atoms with Gasteiger partial charge in [0.25, 0.3) is 0 Å². The van der Waals surface area contributed by atoms with Gasteiger partial charge in [-0.05, 0) is 24.1 Å². The van der Waals surface area contributed by atoms with Crippen molar-refractivity contribution in [3.05, 3.63) is 96.6 Å². The molecule has 8 atom stereocenters. The SMILES string of the molecule is CCC/C=C\C1OC(/C=C\C2OC(/C=C\c3ccccc3)[C@@H]3C(=O)N(CCOCCOCCOC)C(=O)[C@H]23)[C@@H]2C(=O)N(c3ccccc3)C(=O)[C@H]12. The number of amides is 4. The molecule has 0 saturated carbocycles. The number of fused-ring (bicyclic) bond motifs is 2. The smallest absolute Gasteiger partial charge is 0.240 e. The van der Waals surface area contributed by atoms with E-state index in [0.717, 1.165) is 18.4 Å². The van der Waals surface area contributed by atoms with Crippen LogP contribution in [-0.4, -0.2) is 99.6 Å². The molecule has 4 aliphatic rings. The van der Waals surface area contributed by atoms with Gasteiger partial charge in [0.15, 0.2) is 0 Å². The van der Waals surface area contributed by atoms with Crippen LogP contribution in [0.2, 0.25) is 0 Å². The monoisotopic (exact) mass is 698 g/mol. The molecule has 0 aromatic heterocycles. The number of ether oxygens (including phenoxy) is 5. The molecule has 4 heterocycles. The third-order valence-corrected chi connectivity index (χ3v) is 9.76. The molecule has 2 aromatic carbocycles. The molecule has 4 fully saturated rings. The van der Waals surface area contributed by atoms with Gasteiger partial charge in [0.05, 0.1) is 93.4 Å². The number of unbranched alkanes of at least 4 members (excludes halogenated alkanes) is 1. The van der Waals surface area contributed by atoms with E-state index in [2.05, 4.69) is 6.92 Å². The summed E-state index contributed by atoms with van der Waals surface area (Å²) in [5, 5.41) is 0. The van der Waals surface area contributed by atoms with Crippen molar-refractivity contribution in [2.45, 2.75) is 44.2 Å². The van der Waals surface area contributed by atoms with Crippen LogP contribution in [0.1, 0.15) is 25.3 Å². The minimum atomic E-state index is -0.768. The average Bonchev–Trinajstić information content (AvgIpc) is 3.84. The number of imide groups is 2. The number of likely N-dealkylation sites (tertiary alicyclic amines) is 1. The molecule has 0 aliphatic carbocycles. The summed E-state index contributed by atoms with van der Waals surface area (Å²) in [5.74, 6) is -4.18. The molecule has 51 heavy (non-hydrogen) atoms. The van der Waals surface area contributed by atoms with Gasteiger partial charge in [-0.15, -0.1) is 0 Å². The summed E-state index contributed by atoms with van der Waals surface area (Å²) in [6, 6.07) is 18.6. The molecule has 6 rings (SSSR count). The molecule has 4 unspecified atom stereocenters. The molecule has 4 saturated heterocycles. The van der Waals surface area contributed by atoms with Crippen LogP contribution in [0.25, 0.3) is 6.08 Å². The highest BCUT2D eigenvalue weighted by Crippen LogP contribution is 2.45. The topological polar surface area (TPSA) is 121 Å². The van der Waals surface area contributed by atoms with E-state index in [-0.39, 0.29) is 36.8 Å². The van der Waals surface area contributed by atoms with E-state index in [4.69, 9.17) is 23.7 Å². The minimum absolute atomic E-state index is 0.113. The zero-order valence-corrected chi connectivity index (χ0v) is 29.1. The lowest BCUT2D eigenvalue weighted by Crippen LogP contribution is -2.38. The maximum atomic E-state index is 13.9. The lowest BCUT2D eigenvalue weighted by atomic mass is 9.87. The predicted octanol–water partition coefficient (Wildman–Crippen LogP) is 4.23. The number of carbonyl (C=O) groups is 4. The second-order valence-corrected chi connectivity index (χ2v) is 13.0. The van der Waals surface area contributed by atoms with E-state index in [9.17, 15) is 19.2 Å². The van der Waals surface area contributed by atoms with Gasteiger partial charge in [-0.2, -0.15) is 0 Å². The van der Waals surface area contributed by atoms with Crippen LogP contribution >= 0.6 is 0 Å². The molecule has 0 N–H and O–H groups in total. The Morgan fingerprint density at radius 1 is 0.627 bits per heavy atom. The number of methoxy groups -OCH3 is 1. The number of hydrogen-bond acceptors (Lipinski definition) is 9. The van der Waals surface area contributed by atoms with Gasteiger partial charge in [0.1, 0.15) is 0 Å². The van der Waals surface area contributed by atoms with E-state index >= 15 is 0 Å². The molecular formula is C40H46N2O9. The molecule has 4 amide bonds. The summed E-state index contributed by atoms with van der Waals surface area (Å²) in [5.41, 5.74) is 1.46. The molecule has 4 aliphatic heterocycles. The number of allylic oxidation sites excluding steroid dienone is 1. The van der Waals surface area contributed by atoms with Gasteiger partial charge in [-0.25, -0.2) is 4.90 Å². The Balaban J connectivity index is 1.21. The lowest BCUT2D eigenvalue weighted by molar-refractivity contribution is -0.143. The van der Waals surface area contributed by atoms with Gasteiger partial charge in [-0.3, -0.25) is 24.1 Å². The Morgan fingerprint density at radius 3 is 1.73 bits per heavy atom. The van der Waals surface area contributed by atoms with E-state index in [1.807, 2.05) is 60.7 Å². The van der Waals surface area contributed by atoms with Gasteiger partial charge < -0.3 is 23.7 Å². The highest BCUT2D eigenvalue weighted by Gasteiger charge is 2.60. The summed E-state index contributed by atoms with van der Waals surface area (Å²) in [4.78, 5) is 57.8. The quantitative estimate of drug-likeness (QED) is 0.136. The van der Waals surface area contributed by atoms with Gasteiger partial charge in [0, 0.05) is 7.11 Å². The normalized spacial score (nSPS) is 29.1. The summed E-state index contributed by atoms with van der Waals surface area (Å²) >= 11 is 0. The Hall–Kier alpha value is -4.26. The standard InChI is InChI=1S/C40H46N2O9/c1-3-4-7-16-29-35-36(40(46)42(39(35)45)28-14-10-6-11-15-28)32(50-29)20-19-31-34-33(30(51-31)18-17-27-12-8-5-9-13-27)37(43)41(38(34)44)21-22-48-25-26-49-24-23-47-2/h5-20,29-36H,3-4,21-26H2,1-2H3/b16-7-,18-17-,20-19-/t29?,30?,31?,32?,33-,34+,35+,36-/m0/s1. The van der Waals surface area contributed by atoms with Crippen LogP contribution in [0.5, 0.6) is 0 Å². The highest BCUT2D eigenvalue weighted by molar-refractivity contribution is 6.22. The molecule has 0 spiro atoms. The minimum Gasteiger partial charge on any atom is -0.382 e. The summed E-state index contributed by atoms with van der Waals surface area (Å²) in [7, 11) is 1.60. The largest absolute Gasteiger partial charge is 0.382 e. The first-order valence-electron chi connectivity index (χ1n) is 17.8. The maximum Gasteiger partial charge on any atom is 0.240 e. The van der Waals surface area contributed by atoms with Crippen molar-refractivity contribution in [2.75, 3.05) is 51.6 Å². The Labute approximate surface area is 298 Å². The van der Waals surface area contributed by atoms with Crippen LogP contribution in [0.15, 0.2) is 91.0 Å². The lowest BCUT2D eigenvalue weighted by Gasteiger charge is -2.21. The van der Waals surface area contributed by atoms with Gasteiger partial charge in [-0.1, -0.05) is 98.3 Å².